The number of aryl methyl sites for hydroxylation is 2. The van der Waals surface area contributed by atoms with Crippen LogP contribution in [-0.4, -0.2) is 73.3 Å². The summed E-state index contributed by atoms with van der Waals surface area (Å²) in [6, 6.07) is 14.7. The molecule has 3 aromatic rings. The van der Waals surface area contributed by atoms with Crippen LogP contribution in [-0.2, 0) is 27.8 Å². The molecular formula is C29H38N4O6S. The minimum absolute atomic E-state index is 0.000142. The van der Waals surface area contributed by atoms with Gasteiger partial charge in [-0.3, -0.25) is 14.4 Å². The van der Waals surface area contributed by atoms with Crippen molar-refractivity contribution in [3.05, 3.63) is 71.1 Å². The average molecular weight is 571 g/mol. The predicted molar refractivity (Wildman–Crippen MR) is 152 cm³/mol. The van der Waals surface area contributed by atoms with E-state index in [0.717, 1.165) is 6.54 Å². The lowest BCUT2D eigenvalue weighted by Crippen LogP contribution is -2.47. The van der Waals surface area contributed by atoms with E-state index in [1.807, 2.05) is 39.1 Å². The molecular weight excluding hydrogens is 532 g/mol. The van der Waals surface area contributed by atoms with Crippen LogP contribution in [0.5, 0.6) is 5.75 Å². The van der Waals surface area contributed by atoms with Gasteiger partial charge in [0.05, 0.1) is 19.1 Å². The molecule has 3 atom stereocenters. The summed E-state index contributed by atoms with van der Waals surface area (Å²) in [6.07, 6.45) is -0.267. The molecule has 1 amide bonds. The summed E-state index contributed by atoms with van der Waals surface area (Å²) < 4.78 is 40.4. The second-order valence-electron chi connectivity index (χ2n) is 10.7. The van der Waals surface area contributed by atoms with E-state index in [0.29, 0.717) is 30.1 Å². The van der Waals surface area contributed by atoms with Gasteiger partial charge in [0, 0.05) is 36.8 Å². The largest absolute Gasteiger partial charge is 0.488 e. The lowest BCUT2D eigenvalue weighted by molar-refractivity contribution is -0.134. The number of hydrogen-bond acceptors (Lipinski definition) is 8. The molecule has 2 aromatic carbocycles. The maximum atomic E-state index is 13.5. The van der Waals surface area contributed by atoms with E-state index in [2.05, 4.69) is 26.9 Å². The number of fused-ring (bicyclic) bond motifs is 1. The third-order valence-electron chi connectivity index (χ3n) is 7.19. The van der Waals surface area contributed by atoms with Crippen LogP contribution in [0.1, 0.15) is 36.4 Å². The molecule has 0 spiro atoms. The van der Waals surface area contributed by atoms with Crippen molar-refractivity contribution in [2.75, 3.05) is 31.5 Å². The number of rotatable bonds is 9. The molecule has 1 aliphatic rings. The van der Waals surface area contributed by atoms with E-state index < -0.39 is 10.0 Å². The minimum atomic E-state index is -3.97. The second kappa shape index (κ2) is 12.4. The Labute approximate surface area is 236 Å². The molecule has 10 nitrogen and oxygen atoms in total. The maximum absolute atomic E-state index is 13.5. The van der Waals surface area contributed by atoms with Crippen LogP contribution < -0.4 is 9.46 Å². The highest BCUT2D eigenvalue weighted by Gasteiger charge is 2.31. The van der Waals surface area contributed by atoms with Crippen molar-refractivity contribution in [3.63, 3.8) is 0 Å². The van der Waals surface area contributed by atoms with Gasteiger partial charge < -0.3 is 19.3 Å². The Balaban J connectivity index is 1.65. The fourth-order valence-corrected chi connectivity index (χ4v) is 6.42. The van der Waals surface area contributed by atoms with Gasteiger partial charge in [-0.2, -0.15) is 0 Å². The Morgan fingerprint density at radius 3 is 2.58 bits per heavy atom. The number of carbonyl (C=O) groups excluding carboxylic acids is 1. The number of nitrogens with one attached hydrogen (secondary N) is 1. The normalized spacial score (nSPS) is 18.9. The smallest absolute Gasteiger partial charge is 0.267 e. The van der Waals surface area contributed by atoms with Gasteiger partial charge in [0.2, 0.25) is 5.91 Å². The summed E-state index contributed by atoms with van der Waals surface area (Å²) in [7, 11) is -1.94. The van der Waals surface area contributed by atoms with Gasteiger partial charge in [0.25, 0.3) is 10.0 Å². The van der Waals surface area contributed by atoms with Crippen molar-refractivity contribution in [1.82, 2.24) is 15.0 Å². The molecule has 4 rings (SSSR count). The van der Waals surface area contributed by atoms with Crippen molar-refractivity contribution < 1.29 is 27.6 Å². The average Bonchev–Trinajstić information content (AvgIpc) is 3.27. The zero-order valence-electron chi connectivity index (χ0n) is 23.6. The minimum Gasteiger partial charge on any atom is -0.488 e. The maximum Gasteiger partial charge on any atom is 0.267 e. The van der Waals surface area contributed by atoms with Gasteiger partial charge in [-0.1, -0.05) is 42.4 Å². The summed E-state index contributed by atoms with van der Waals surface area (Å²) in [4.78, 5) is 17.3. The Hall–Kier alpha value is -3.41. The third kappa shape index (κ3) is 6.83. The van der Waals surface area contributed by atoms with E-state index >= 15 is 0 Å². The van der Waals surface area contributed by atoms with Crippen LogP contribution >= 0.6 is 0 Å². The number of likely N-dealkylation sites (N-methyl/N-ethyl adjacent to an activating group) is 1. The first-order valence-electron chi connectivity index (χ1n) is 13.4. The lowest BCUT2D eigenvalue weighted by Gasteiger charge is -2.34. The topological polar surface area (TPSA) is 125 Å². The summed E-state index contributed by atoms with van der Waals surface area (Å²) in [5.41, 5.74) is 2.30. The summed E-state index contributed by atoms with van der Waals surface area (Å²) in [5, 5.41) is 13.6. The molecule has 0 radical (unpaired) electrons. The molecule has 0 unspecified atom stereocenters. The summed E-state index contributed by atoms with van der Waals surface area (Å²) in [5.74, 6) is 0.510. The van der Waals surface area contributed by atoms with E-state index in [9.17, 15) is 18.3 Å². The third-order valence-corrected chi connectivity index (χ3v) is 8.82. The molecule has 0 fully saturated rings. The van der Waals surface area contributed by atoms with Crippen LogP contribution in [0.25, 0.3) is 0 Å². The number of nitrogens with zero attached hydrogens (tertiary/aromatic N) is 3. The number of carbonyl (C=O) groups is 1. The van der Waals surface area contributed by atoms with Gasteiger partial charge in [-0.25, -0.2) is 8.42 Å². The van der Waals surface area contributed by atoms with Crippen molar-refractivity contribution in [3.8, 4) is 5.75 Å². The monoisotopic (exact) mass is 570 g/mol. The molecule has 0 saturated carbocycles. The molecule has 11 heteroatoms. The highest BCUT2D eigenvalue weighted by atomic mass is 32.2. The molecule has 0 saturated heterocycles. The summed E-state index contributed by atoms with van der Waals surface area (Å²) >= 11 is 0. The highest BCUT2D eigenvalue weighted by molar-refractivity contribution is 7.92. The Morgan fingerprint density at radius 1 is 1.20 bits per heavy atom. The number of aliphatic hydroxyl groups excluding tert-OH is 1. The Bertz CT molecular complexity index is 1410. The van der Waals surface area contributed by atoms with Crippen molar-refractivity contribution in [1.29, 1.82) is 0 Å². The molecule has 1 aromatic heterocycles. The van der Waals surface area contributed by atoms with Crippen molar-refractivity contribution in [2.45, 2.75) is 57.7 Å². The number of aromatic nitrogens is 1. The van der Waals surface area contributed by atoms with Crippen LogP contribution in [0.2, 0.25) is 0 Å². The molecule has 0 aliphatic carbocycles. The number of ether oxygens (including phenoxy) is 1. The first-order valence-corrected chi connectivity index (χ1v) is 14.8. The van der Waals surface area contributed by atoms with Crippen LogP contribution in [0.3, 0.4) is 0 Å². The van der Waals surface area contributed by atoms with E-state index in [4.69, 9.17) is 9.26 Å². The van der Waals surface area contributed by atoms with Crippen molar-refractivity contribution >= 4 is 21.6 Å². The fourth-order valence-electron chi connectivity index (χ4n) is 5.04. The van der Waals surface area contributed by atoms with Gasteiger partial charge in [-0.15, -0.1) is 0 Å². The van der Waals surface area contributed by atoms with Crippen LogP contribution in [0.15, 0.2) is 57.9 Å². The SMILES string of the molecule is Cc1noc(C)c1S(=O)(=O)Nc1ccc2c(c1)CC(=O)N([C@@H](C)CO)C[C@H](C)[C@H](CN(C)Cc1ccccc1)O2. The quantitative estimate of drug-likeness (QED) is 0.401. The zero-order chi connectivity index (χ0) is 29.0. The molecule has 40 heavy (non-hydrogen) atoms. The first kappa shape index (κ1) is 29.6. The zero-order valence-corrected chi connectivity index (χ0v) is 24.4. The molecule has 0 bridgehead atoms. The summed E-state index contributed by atoms with van der Waals surface area (Å²) in [6.45, 7) is 8.56. The highest BCUT2D eigenvalue weighted by Crippen LogP contribution is 2.31. The number of amides is 1. The standard InChI is InChI=1S/C29H38N4O6S/c1-19-15-33(20(2)18-34)28(35)14-24-13-25(31-40(36,37)29-21(3)30-39-22(29)4)11-12-26(24)38-27(19)17-32(5)16-23-9-7-6-8-10-23/h6-13,19-20,27,31,34H,14-18H2,1-5H3/t19-,20-,27-/m0/s1. The predicted octanol–water partition coefficient (Wildman–Crippen LogP) is 3.37. The molecule has 1 aliphatic heterocycles. The van der Waals surface area contributed by atoms with E-state index in [1.165, 1.54) is 12.5 Å². The van der Waals surface area contributed by atoms with Gasteiger partial charge >= 0.3 is 0 Å². The van der Waals surface area contributed by atoms with Crippen molar-refractivity contribution in [2.24, 2.45) is 5.92 Å². The van der Waals surface area contributed by atoms with Gasteiger partial charge in [-0.05, 0) is 51.6 Å². The Morgan fingerprint density at radius 2 is 1.93 bits per heavy atom. The number of sulfonamides is 1. The van der Waals surface area contributed by atoms with Crippen LogP contribution in [0, 0.1) is 19.8 Å². The van der Waals surface area contributed by atoms with Gasteiger partial charge in [0.1, 0.15) is 17.5 Å². The molecule has 2 N–H and O–H groups in total. The Kier molecular flexibility index (Phi) is 9.17. The number of aliphatic hydroxyl groups is 1. The van der Waals surface area contributed by atoms with E-state index in [-0.39, 0.29) is 53.3 Å². The lowest BCUT2D eigenvalue weighted by atomic mass is 10.0. The number of hydrogen-bond donors (Lipinski definition) is 2. The second-order valence-corrected chi connectivity index (χ2v) is 12.3. The van der Waals surface area contributed by atoms with Gasteiger partial charge in [0.15, 0.2) is 10.7 Å². The van der Waals surface area contributed by atoms with E-state index in [1.54, 1.807) is 30.0 Å². The number of anilines is 1. The molecule has 2 heterocycles. The van der Waals surface area contributed by atoms with Crippen LogP contribution in [0.4, 0.5) is 5.69 Å². The number of benzene rings is 2. The first-order chi connectivity index (χ1) is 19.0. The molecule has 216 valence electrons. The fraction of sp³-hybridized carbons (Fsp3) is 0.448.